The van der Waals surface area contributed by atoms with Gasteiger partial charge in [-0.2, -0.15) is 0 Å². The number of aliphatic carboxylic acids is 1. The van der Waals surface area contributed by atoms with Crippen molar-refractivity contribution in [3.05, 3.63) is 40.4 Å². The summed E-state index contributed by atoms with van der Waals surface area (Å²) in [6.07, 6.45) is 2.50. The van der Waals surface area contributed by atoms with Crippen LogP contribution in [0.3, 0.4) is 0 Å². The lowest BCUT2D eigenvalue weighted by atomic mass is 10.1. The Balaban J connectivity index is 2.65. The quantitative estimate of drug-likeness (QED) is 0.823. The van der Waals surface area contributed by atoms with Gasteiger partial charge >= 0.3 is 5.97 Å². The van der Waals surface area contributed by atoms with Crippen LogP contribution < -0.4 is 4.74 Å². The van der Waals surface area contributed by atoms with E-state index >= 15 is 0 Å². The van der Waals surface area contributed by atoms with E-state index in [1.165, 1.54) is 6.08 Å². The highest BCUT2D eigenvalue weighted by molar-refractivity contribution is 6.32. The number of hydrogen-bond donors (Lipinski definition) is 1. The second-order valence-corrected chi connectivity index (χ2v) is 3.80. The SMILES string of the molecule is Cc1cc(OCC=CC(=O)O)cc(C)c1Cl. The topological polar surface area (TPSA) is 46.5 Å². The zero-order valence-electron chi connectivity index (χ0n) is 9.16. The Hall–Kier alpha value is -1.48. The fourth-order valence-electron chi connectivity index (χ4n) is 1.28. The van der Waals surface area contributed by atoms with E-state index in [1.807, 2.05) is 26.0 Å². The van der Waals surface area contributed by atoms with Crippen molar-refractivity contribution in [2.24, 2.45) is 0 Å². The van der Waals surface area contributed by atoms with Crippen molar-refractivity contribution < 1.29 is 14.6 Å². The zero-order chi connectivity index (χ0) is 12.1. The third-order valence-electron chi connectivity index (χ3n) is 2.02. The Morgan fingerprint density at radius 3 is 2.50 bits per heavy atom. The molecule has 16 heavy (non-hydrogen) atoms. The number of rotatable bonds is 4. The summed E-state index contributed by atoms with van der Waals surface area (Å²) >= 11 is 6.01. The molecule has 0 aromatic heterocycles. The van der Waals surface area contributed by atoms with Crippen LogP contribution in [0.25, 0.3) is 0 Å². The molecule has 0 spiro atoms. The first-order chi connectivity index (χ1) is 7.50. The zero-order valence-corrected chi connectivity index (χ0v) is 9.91. The van der Waals surface area contributed by atoms with E-state index in [-0.39, 0.29) is 6.61 Å². The van der Waals surface area contributed by atoms with Gasteiger partial charge in [-0.25, -0.2) is 4.79 Å². The van der Waals surface area contributed by atoms with Gasteiger partial charge in [0.2, 0.25) is 0 Å². The summed E-state index contributed by atoms with van der Waals surface area (Å²) in [6, 6.07) is 3.65. The molecule has 0 amide bonds. The lowest BCUT2D eigenvalue weighted by Crippen LogP contribution is -1.96. The Morgan fingerprint density at radius 1 is 1.44 bits per heavy atom. The van der Waals surface area contributed by atoms with E-state index in [0.717, 1.165) is 22.2 Å². The maximum atomic E-state index is 10.2. The number of carbonyl (C=O) groups is 1. The molecule has 4 heteroatoms. The molecule has 0 bridgehead atoms. The summed E-state index contributed by atoms with van der Waals surface area (Å²) < 4.78 is 5.36. The molecular formula is C12H13ClO3. The van der Waals surface area contributed by atoms with Gasteiger partial charge in [-0.3, -0.25) is 0 Å². The van der Waals surface area contributed by atoms with Crippen molar-refractivity contribution in [3.8, 4) is 5.75 Å². The number of halogens is 1. The Bertz CT molecular complexity index is 401. The fourth-order valence-corrected chi connectivity index (χ4v) is 1.39. The summed E-state index contributed by atoms with van der Waals surface area (Å²) in [7, 11) is 0. The maximum Gasteiger partial charge on any atom is 0.328 e. The van der Waals surface area contributed by atoms with Gasteiger partial charge in [-0.05, 0) is 43.2 Å². The first-order valence-electron chi connectivity index (χ1n) is 4.79. The molecule has 0 saturated heterocycles. The molecule has 0 aliphatic rings. The number of carboxylic acids is 1. The van der Waals surface area contributed by atoms with Crippen LogP contribution in [0, 0.1) is 13.8 Å². The molecule has 0 radical (unpaired) electrons. The lowest BCUT2D eigenvalue weighted by Gasteiger charge is -2.08. The van der Waals surface area contributed by atoms with E-state index < -0.39 is 5.97 Å². The summed E-state index contributed by atoms with van der Waals surface area (Å²) in [4.78, 5) is 10.2. The lowest BCUT2D eigenvalue weighted by molar-refractivity contribution is -0.131. The van der Waals surface area contributed by atoms with Gasteiger partial charge in [-0.15, -0.1) is 0 Å². The second kappa shape index (κ2) is 5.56. The summed E-state index contributed by atoms with van der Waals surface area (Å²) in [6.45, 7) is 4.03. The standard InChI is InChI=1S/C12H13ClO3/c1-8-6-10(7-9(2)12(8)13)16-5-3-4-11(14)15/h3-4,6-7H,5H2,1-2H3,(H,14,15). The van der Waals surface area contributed by atoms with Gasteiger partial charge in [0.25, 0.3) is 0 Å². The molecule has 3 nitrogen and oxygen atoms in total. The Morgan fingerprint density at radius 2 is 2.00 bits per heavy atom. The van der Waals surface area contributed by atoms with Crippen molar-refractivity contribution >= 4 is 17.6 Å². The predicted molar refractivity (Wildman–Crippen MR) is 63.2 cm³/mol. The van der Waals surface area contributed by atoms with Crippen LogP contribution in [0.5, 0.6) is 5.75 Å². The average Bonchev–Trinajstić information content (AvgIpc) is 2.20. The van der Waals surface area contributed by atoms with Gasteiger partial charge in [0.1, 0.15) is 12.4 Å². The van der Waals surface area contributed by atoms with Gasteiger partial charge in [0.15, 0.2) is 0 Å². The van der Waals surface area contributed by atoms with Gasteiger partial charge in [0.05, 0.1) is 0 Å². The highest BCUT2D eigenvalue weighted by Crippen LogP contribution is 2.25. The largest absolute Gasteiger partial charge is 0.490 e. The normalized spacial score (nSPS) is 10.7. The molecule has 1 aromatic carbocycles. The molecule has 0 aliphatic carbocycles. The molecule has 1 aromatic rings. The van der Waals surface area contributed by atoms with E-state index in [1.54, 1.807) is 0 Å². The number of benzene rings is 1. The third-order valence-corrected chi connectivity index (χ3v) is 2.61. The van der Waals surface area contributed by atoms with Crippen LogP contribution in [-0.4, -0.2) is 17.7 Å². The van der Waals surface area contributed by atoms with Crippen LogP contribution in [0.2, 0.25) is 5.02 Å². The molecule has 0 aliphatic heterocycles. The van der Waals surface area contributed by atoms with Crippen molar-refractivity contribution in [1.82, 2.24) is 0 Å². The van der Waals surface area contributed by atoms with Crippen LogP contribution in [0.1, 0.15) is 11.1 Å². The van der Waals surface area contributed by atoms with Crippen LogP contribution in [0.15, 0.2) is 24.3 Å². The van der Waals surface area contributed by atoms with Crippen molar-refractivity contribution in [3.63, 3.8) is 0 Å². The maximum absolute atomic E-state index is 10.2. The molecule has 0 heterocycles. The smallest absolute Gasteiger partial charge is 0.328 e. The molecule has 0 fully saturated rings. The molecule has 86 valence electrons. The predicted octanol–water partition coefficient (Wildman–Crippen LogP) is 2.98. The monoisotopic (exact) mass is 240 g/mol. The first kappa shape index (κ1) is 12.6. The van der Waals surface area contributed by atoms with Crippen molar-refractivity contribution in [2.45, 2.75) is 13.8 Å². The molecular weight excluding hydrogens is 228 g/mol. The van der Waals surface area contributed by atoms with Crippen molar-refractivity contribution in [1.29, 1.82) is 0 Å². The van der Waals surface area contributed by atoms with Crippen LogP contribution in [-0.2, 0) is 4.79 Å². The Labute approximate surface area is 99.3 Å². The fraction of sp³-hybridized carbons (Fsp3) is 0.250. The minimum absolute atomic E-state index is 0.229. The van der Waals surface area contributed by atoms with Crippen LogP contribution in [0.4, 0.5) is 0 Å². The number of hydrogen-bond acceptors (Lipinski definition) is 2. The van der Waals surface area contributed by atoms with E-state index in [2.05, 4.69) is 0 Å². The van der Waals surface area contributed by atoms with Crippen molar-refractivity contribution in [2.75, 3.05) is 6.61 Å². The molecule has 1 N–H and O–H groups in total. The second-order valence-electron chi connectivity index (χ2n) is 3.42. The van der Waals surface area contributed by atoms with Gasteiger partial charge in [0, 0.05) is 11.1 Å². The first-order valence-corrected chi connectivity index (χ1v) is 5.17. The number of aryl methyl sites for hydroxylation is 2. The van der Waals surface area contributed by atoms with Crippen LogP contribution >= 0.6 is 11.6 Å². The number of ether oxygens (including phenoxy) is 1. The highest BCUT2D eigenvalue weighted by atomic mass is 35.5. The minimum atomic E-state index is -0.980. The molecule has 0 unspecified atom stereocenters. The Kier molecular flexibility index (Phi) is 4.38. The summed E-state index contributed by atoms with van der Waals surface area (Å²) in [5, 5.41) is 9.11. The average molecular weight is 241 g/mol. The number of carboxylic acid groups (broad SMARTS) is 1. The molecule has 1 rings (SSSR count). The summed E-state index contributed by atoms with van der Waals surface area (Å²) in [5.41, 5.74) is 1.89. The minimum Gasteiger partial charge on any atom is -0.490 e. The summed E-state index contributed by atoms with van der Waals surface area (Å²) in [5.74, 6) is -0.290. The highest BCUT2D eigenvalue weighted by Gasteiger charge is 2.02. The van der Waals surface area contributed by atoms with Gasteiger partial charge < -0.3 is 9.84 Å². The van der Waals surface area contributed by atoms with E-state index in [9.17, 15) is 4.79 Å². The van der Waals surface area contributed by atoms with Gasteiger partial charge in [-0.1, -0.05) is 11.6 Å². The third kappa shape index (κ3) is 3.59. The molecule has 0 saturated carbocycles. The van der Waals surface area contributed by atoms with E-state index in [0.29, 0.717) is 5.75 Å². The molecule has 0 atom stereocenters. The van der Waals surface area contributed by atoms with E-state index in [4.69, 9.17) is 21.4 Å².